The third-order valence-electron chi connectivity index (χ3n) is 5.33. The van der Waals surface area contributed by atoms with Crippen molar-refractivity contribution >= 4 is 0 Å². The van der Waals surface area contributed by atoms with Gasteiger partial charge < -0.3 is 15.3 Å². The van der Waals surface area contributed by atoms with Crippen LogP contribution in [0, 0.1) is 0 Å². The quantitative estimate of drug-likeness (QED) is 0.877. The van der Waals surface area contributed by atoms with Crippen LogP contribution in [-0.4, -0.2) is 47.8 Å². The fourth-order valence-electron chi connectivity index (χ4n) is 3.86. The van der Waals surface area contributed by atoms with Crippen molar-refractivity contribution in [2.75, 3.05) is 19.6 Å². The molecule has 2 aliphatic rings. The summed E-state index contributed by atoms with van der Waals surface area (Å²) in [7, 11) is 0. The molecule has 1 heterocycles. The van der Waals surface area contributed by atoms with Gasteiger partial charge in [0, 0.05) is 18.6 Å². The Labute approximate surface area is 134 Å². The molecule has 2 N–H and O–H groups in total. The molecule has 1 aromatic rings. The number of aliphatic hydroxyl groups is 1. The van der Waals surface area contributed by atoms with Crippen molar-refractivity contribution in [3.05, 3.63) is 35.9 Å². The Morgan fingerprint density at radius 1 is 1.00 bits per heavy atom. The van der Waals surface area contributed by atoms with Gasteiger partial charge in [-0.05, 0) is 50.8 Å². The molecule has 22 heavy (non-hydrogen) atoms. The molecule has 0 bridgehead atoms. The van der Waals surface area contributed by atoms with Crippen molar-refractivity contribution in [3.8, 4) is 0 Å². The molecule has 1 aliphatic heterocycles. The Balaban J connectivity index is 1.37. The van der Waals surface area contributed by atoms with Crippen LogP contribution >= 0.6 is 0 Å². The molecule has 3 nitrogen and oxygen atoms in total. The third kappa shape index (κ3) is 4.55. The molecule has 2 fully saturated rings. The first kappa shape index (κ1) is 16.0. The molecular weight excluding hydrogens is 272 g/mol. The van der Waals surface area contributed by atoms with Gasteiger partial charge in [0.1, 0.15) is 0 Å². The van der Waals surface area contributed by atoms with Crippen LogP contribution in [0.3, 0.4) is 0 Å². The molecule has 1 saturated carbocycles. The molecule has 0 radical (unpaired) electrons. The minimum atomic E-state index is -0.120. The van der Waals surface area contributed by atoms with E-state index in [9.17, 15) is 5.11 Å². The molecule has 1 aliphatic carbocycles. The van der Waals surface area contributed by atoms with Gasteiger partial charge in [0.15, 0.2) is 0 Å². The van der Waals surface area contributed by atoms with Gasteiger partial charge in [-0.15, -0.1) is 0 Å². The maximum atomic E-state index is 10.1. The largest absolute Gasteiger partial charge is 0.392 e. The zero-order valence-corrected chi connectivity index (χ0v) is 13.6. The van der Waals surface area contributed by atoms with Gasteiger partial charge in [-0.2, -0.15) is 0 Å². The van der Waals surface area contributed by atoms with Crippen LogP contribution in [-0.2, 0) is 6.42 Å². The van der Waals surface area contributed by atoms with Crippen LogP contribution in [0.1, 0.15) is 44.1 Å². The lowest BCUT2D eigenvalue weighted by molar-refractivity contribution is 0.0766. The molecule has 1 saturated heterocycles. The van der Waals surface area contributed by atoms with E-state index in [1.807, 2.05) is 0 Å². The number of benzene rings is 1. The summed E-state index contributed by atoms with van der Waals surface area (Å²) in [5.74, 6) is 0. The number of nitrogens with one attached hydrogen (secondary N) is 1. The van der Waals surface area contributed by atoms with Crippen molar-refractivity contribution in [1.82, 2.24) is 10.2 Å². The lowest BCUT2D eigenvalue weighted by Crippen LogP contribution is -2.51. The van der Waals surface area contributed by atoms with Crippen LogP contribution in [0.4, 0.5) is 0 Å². The first-order valence-electron chi connectivity index (χ1n) is 9.01. The molecule has 1 aromatic carbocycles. The number of nitrogens with zero attached hydrogens (tertiary/aromatic N) is 1. The Morgan fingerprint density at radius 2 is 1.73 bits per heavy atom. The zero-order valence-electron chi connectivity index (χ0n) is 13.6. The smallest absolute Gasteiger partial charge is 0.0693 e. The highest BCUT2D eigenvalue weighted by molar-refractivity contribution is 5.14. The Kier molecular flexibility index (Phi) is 5.88. The fraction of sp³-hybridized carbons (Fsp3) is 0.684. The first-order valence-corrected chi connectivity index (χ1v) is 9.01. The second kappa shape index (κ2) is 8.09. The lowest BCUT2D eigenvalue weighted by atomic mass is 9.91. The number of likely N-dealkylation sites (tertiary alicyclic amines) is 1. The highest BCUT2D eigenvalue weighted by atomic mass is 16.3. The van der Waals surface area contributed by atoms with E-state index >= 15 is 0 Å². The van der Waals surface area contributed by atoms with Crippen LogP contribution in [0.25, 0.3) is 0 Å². The summed E-state index contributed by atoms with van der Waals surface area (Å²) in [6, 6.07) is 11.7. The Morgan fingerprint density at radius 3 is 2.45 bits per heavy atom. The zero-order chi connectivity index (χ0) is 15.2. The van der Waals surface area contributed by atoms with Gasteiger partial charge in [0.2, 0.25) is 0 Å². The highest BCUT2D eigenvalue weighted by Crippen LogP contribution is 2.21. The summed E-state index contributed by atoms with van der Waals surface area (Å²) >= 11 is 0. The van der Waals surface area contributed by atoms with Crippen LogP contribution in [0.5, 0.6) is 0 Å². The van der Waals surface area contributed by atoms with E-state index < -0.39 is 0 Å². The van der Waals surface area contributed by atoms with E-state index in [4.69, 9.17) is 0 Å². The van der Waals surface area contributed by atoms with E-state index in [1.54, 1.807) is 0 Å². The Bertz CT molecular complexity index is 428. The molecule has 0 aromatic heterocycles. The monoisotopic (exact) mass is 302 g/mol. The molecule has 0 amide bonds. The van der Waals surface area contributed by atoms with Gasteiger partial charge in [0.25, 0.3) is 0 Å². The van der Waals surface area contributed by atoms with E-state index in [1.165, 1.54) is 50.9 Å². The second-order valence-electron chi connectivity index (χ2n) is 6.98. The topological polar surface area (TPSA) is 35.5 Å². The Hall–Kier alpha value is -0.900. The summed E-state index contributed by atoms with van der Waals surface area (Å²) in [5, 5.41) is 13.8. The van der Waals surface area contributed by atoms with E-state index in [0.29, 0.717) is 12.1 Å². The maximum Gasteiger partial charge on any atom is 0.0693 e. The summed E-state index contributed by atoms with van der Waals surface area (Å²) < 4.78 is 0. The first-order chi connectivity index (χ1) is 10.8. The minimum absolute atomic E-state index is 0.120. The van der Waals surface area contributed by atoms with E-state index in [2.05, 4.69) is 40.5 Å². The molecule has 0 spiro atoms. The van der Waals surface area contributed by atoms with Crippen molar-refractivity contribution in [1.29, 1.82) is 0 Å². The van der Waals surface area contributed by atoms with Gasteiger partial charge in [-0.1, -0.05) is 43.2 Å². The molecule has 3 heteroatoms. The van der Waals surface area contributed by atoms with Gasteiger partial charge >= 0.3 is 0 Å². The summed E-state index contributed by atoms with van der Waals surface area (Å²) in [6.45, 7) is 3.55. The van der Waals surface area contributed by atoms with Crippen LogP contribution in [0.15, 0.2) is 30.3 Å². The normalized spacial score (nSPS) is 27.9. The molecule has 0 unspecified atom stereocenters. The predicted octanol–water partition coefficient (Wildman–Crippen LogP) is 2.59. The highest BCUT2D eigenvalue weighted by Gasteiger charge is 2.27. The molecular formula is C19H30N2O. The molecule has 3 rings (SSSR count). The predicted molar refractivity (Wildman–Crippen MR) is 91.0 cm³/mol. The average Bonchev–Trinajstić information content (AvgIpc) is 2.57. The van der Waals surface area contributed by atoms with E-state index in [0.717, 1.165) is 19.3 Å². The lowest BCUT2D eigenvalue weighted by Gasteiger charge is -2.37. The average molecular weight is 302 g/mol. The van der Waals surface area contributed by atoms with Crippen LogP contribution < -0.4 is 5.32 Å². The number of hydrogen-bond acceptors (Lipinski definition) is 3. The van der Waals surface area contributed by atoms with Gasteiger partial charge in [0.05, 0.1) is 6.10 Å². The summed E-state index contributed by atoms with van der Waals surface area (Å²) in [6.07, 6.45) is 8.06. The van der Waals surface area contributed by atoms with E-state index in [-0.39, 0.29) is 6.10 Å². The van der Waals surface area contributed by atoms with Gasteiger partial charge in [-0.3, -0.25) is 0 Å². The SMILES string of the molecule is O[C@@H]1CCCC[C@@H]1NC1CCN(CCc2ccccc2)CC1. The molecule has 2 atom stereocenters. The summed E-state index contributed by atoms with van der Waals surface area (Å²) in [5.41, 5.74) is 1.44. The number of piperidine rings is 1. The number of rotatable bonds is 5. The number of aliphatic hydroxyl groups excluding tert-OH is 1. The number of hydrogen-bond donors (Lipinski definition) is 2. The molecule has 122 valence electrons. The third-order valence-corrected chi connectivity index (χ3v) is 5.33. The second-order valence-corrected chi connectivity index (χ2v) is 6.98. The van der Waals surface area contributed by atoms with Crippen molar-refractivity contribution < 1.29 is 5.11 Å². The van der Waals surface area contributed by atoms with Crippen molar-refractivity contribution in [3.63, 3.8) is 0 Å². The minimum Gasteiger partial charge on any atom is -0.392 e. The maximum absolute atomic E-state index is 10.1. The fourth-order valence-corrected chi connectivity index (χ4v) is 3.86. The van der Waals surface area contributed by atoms with Crippen molar-refractivity contribution in [2.45, 2.75) is 63.1 Å². The standard InChI is InChI=1S/C19H30N2O/c22-19-9-5-4-8-18(19)20-17-11-14-21(15-12-17)13-10-16-6-2-1-3-7-16/h1-3,6-7,17-20,22H,4-5,8-15H2/t18-,19+/m0/s1. The summed E-state index contributed by atoms with van der Waals surface area (Å²) in [4.78, 5) is 2.59. The van der Waals surface area contributed by atoms with Crippen molar-refractivity contribution in [2.24, 2.45) is 0 Å². The van der Waals surface area contributed by atoms with Crippen LogP contribution in [0.2, 0.25) is 0 Å². The van der Waals surface area contributed by atoms with Gasteiger partial charge in [-0.25, -0.2) is 0 Å².